The number of carbonyl (C=O) groups is 1. The molecule has 4 heteroatoms. The van der Waals surface area contributed by atoms with E-state index >= 15 is 0 Å². The molecule has 0 saturated carbocycles. The minimum absolute atomic E-state index is 0.00243. The monoisotopic (exact) mass is 286 g/mol. The second-order valence-corrected chi connectivity index (χ2v) is 5.44. The number of hydrogen-bond donors (Lipinski definition) is 1. The van der Waals surface area contributed by atoms with Crippen LogP contribution in [0.1, 0.15) is 41.3 Å². The van der Waals surface area contributed by atoms with Gasteiger partial charge in [0.15, 0.2) is 0 Å². The Morgan fingerprint density at radius 2 is 1.86 bits per heavy atom. The zero-order valence-electron chi connectivity index (χ0n) is 12.8. The van der Waals surface area contributed by atoms with Crippen LogP contribution < -0.4 is 5.73 Å². The molecular formula is C17H22N2O2. The Bertz CT molecular complexity index is 600. The first-order valence-corrected chi connectivity index (χ1v) is 7.16. The average molecular weight is 286 g/mol. The van der Waals surface area contributed by atoms with E-state index in [0.29, 0.717) is 18.7 Å². The predicted molar refractivity (Wildman–Crippen MR) is 82.8 cm³/mol. The third-order valence-electron chi connectivity index (χ3n) is 3.44. The van der Waals surface area contributed by atoms with E-state index in [0.717, 1.165) is 17.1 Å². The van der Waals surface area contributed by atoms with Gasteiger partial charge in [-0.05, 0) is 50.6 Å². The molecule has 0 aliphatic heterocycles. The van der Waals surface area contributed by atoms with Crippen molar-refractivity contribution < 1.29 is 9.21 Å². The molecule has 0 radical (unpaired) electrons. The van der Waals surface area contributed by atoms with Crippen LogP contribution in [0.3, 0.4) is 0 Å². The molecule has 1 heterocycles. The first kappa shape index (κ1) is 15.3. The summed E-state index contributed by atoms with van der Waals surface area (Å²) < 4.78 is 5.58. The molecule has 0 bridgehead atoms. The van der Waals surface area contributed by atoms with Crippen LogP contribution in [-0.4, -0.2) is 16.8 Å². The smallest absolute Gasteiger partial charge is 0.254 e. The molecule has 0 aliphatic carbocycles. The maximum Gasteiger partial charge on any atom is 0.254 e. The van der Waals surface area contributed by atoms with E-state index < -0.39 is 0 Å². The largest absolute Gasteiger partial charge is 0.464 e. The highest BCUT2D eigenvalue weighted by atomic mass is 16.3. The van der Waals surface area contributed by atoms with Gasteiger partial charge in [0.25, 0.3) is 5.91 Å². The third kappa shape index (κ3) is 3.73. The van der Waals surface area contributed by atoms with Crippen LogP contribution in [0.4, 0.5) is 0 Å². The zero-order chi connectivity index (χ0) is 15.4. The summed E-state index contributed by atoms with van der Waals surface area (Å²) in [5.74, 6) is 1.66. The molecule has 0 unspecified atom stereocenters. The molecule has 1 aromatic heterocycles. The summed E-state index contributed by atoms with van der Waals surface area (Å²) in [5, 5.41) is 0. The van der Waals surface area contributed by atoms with E-state index in [1.54, 1.807) is 4.90 Å². The Hall–Kier alpha value is -2.07. The van der Waals surface area contributed by atoms with Gasteiger partial charge in [0.2, 0.25) is 0 Å². The summed E-state index contributed by atoms with van der Waals surface area (Å²) in [4.78, 5) is 14.5. The van der Waals surface area contributed by atoms with Crippen LogP contribution in [0, 0.1) is 6.92 Å². The van der Waals surface area contributed by atoms with E-state index in [1.807, 2.05) is 57.2 Å². The molecular weight excluding hydrogens is 264 g/mol. The van der Waals surface area contributed by atoms with Crippen LogP contribution in [0.2, 0.25) is 0 Å². The van der Waals surface area contributed by atoms with Gasteiger partial charge in [-0.3, -0.25) is 4.79 Å². The van der Waals surface area contributed by atoms with Crippen molar-refractivity contribution in [3.63, 3.8) is 0 Å². The fourth-order valence-electron chi connectivity index (χ4n) is 2.18. The molecule has 0 spiro atoms. The average Bonchev–Trinajstić information content (AvgIpc) is 2.89. The molecule has 2 aromatic rings. The fourth-order valence-corrected chi connectivity index (χ4v) is 2.18. The van der Waals surface area contributed by atoms with Gasteiger partial charge in [-0.2, -0.15) is 0 Å². The third-order valence-corrected chi connectivity index (χ3v) is 3.44. The van der Waals surface area contributed by atoms with E-state index in [4.69, 9.17) is 10.2 Å². The molecule has 0 atom stereocenters. The van der Waals surface area contributed by atoms with Crippen molar-refractivity contribution in [2.24, 2.45) is 5.73 Å². The molecule has 1 amide bonds. The number of nitrogens with two attached hydrogens (primary N) is 1. The molecule has 21 heavy (non-hydrogen) atoms. The number of benzene rings is 1. The van der Waals surface area contributed by atoms with E-state index in [9.17, 15) is 4.79 Å². The fraction of sp³-hybridized carbons (Fsp3) is 0.353. The Labute approximate surface area is 125 Å². The Morgan fingerprint density at radius 1 is 1.19 bits per heavy atom. The number of aryl methyl sites for hydroxylation is 1. The first-order chi connectivity index (χ1) is 10.0. The molecule has 0 fully saturated rings. The summed E-state index contributed by atoms with van der Waals surface area (Å²) in [6.45, 7) is 6.86. The maximum atomic E-state index is 12.7. The van der Waals surface area contributed by atoms with Gasteiger partial charge < -0.3 is 15.1 Å². The van der Waals surface area contributed by atoms with Gasteiger partial charge in [0, 0.05) is 18.2 Å². The highest BCUT2D eigenvalue weighted by Crippen LogP contribution is 2.16. The molecule has 4 nitrogen and oxygen atoms in total. The first-order valence-electron chi connectivity index (χ1n) is 7.16. The number of furan rings is 1. The standard InChI is InChI=1S/C17H22N2O2/c1-12(2)19(11-16-9-4-13(3)21-16)17(20)15-7-5-14(10-18)6-8-15/h4-9,12H,10-11,18H2,1-3H3. The van der Waals surface area contributed by atoms with Crippen molar-refractivity contribution in [3.8, 4) is 0 Å². The SMILES string of the molecule is Cc1ccc(CN(C(=O)c2ccc(CN)cc2)C(C)C)o1. The van der Waals surface area contributed by atoms with Crippen LogP contribution >= 0.6 is 0 Å². The van der Waals surface area contributed by atoms with Crippen LogP contribution in [0.25, 0.3) is 0 Å². The van der Waals surface area contributed by atoms with Gasteiger partial charge in [0.1, 0.15) is 11.5 Å². The van der Waals surface area contributed by atoms with Gasteiger partial charge in [-0.25, -0.2) is 0 Å². The summed E-state index contributed by atoms with van der Waals surface area (Å²) >= 11 is 0. The Kier molecular flexibility index (Phi) is 4.81. The highest BCUT2D eigenvalue weighted by Gasteiger charge is 2.20. The van der Waals surface area contributed by atoms with Crippen molar-refractivity contribution in [2.75, 3.05) is 0 Å². The van der Waals surface area contributed by atoms with Crippen LogP contribution in [-0.2, 0) is 13.1 Å². The van der Waals surface area contributed by atoms with Gasteiger partial charge in [-0.1, -0.05) is 12.1 Å². The molecule has 0 aliphatic rings. The van der Waals surface area contributed by atoms with E-state index in [1.165, 1.54) is 0 Å². The van der Waals surface area contributed by atoms with Crippen molar-refractivity contribution in [2.45, 2.75) is 39.9 Å². The van der Waals surface area contributed by atoms with Gasteiger partial charge in [0.05, 0.1) is 6.54 Å². The van der Waals surface area contributed by atoms with Crippen molar-refractivity contribution >= 4 is 5.91 Å². The number of rotatable bonds is 5. The van der Waals surface area contributed by atoms with Crippen LogP contribution in [0.5, 0.6) is 0 Å². The zero-order valence-corrected chi connectivity index (χ0v) is 12.8. The number of carbonyl (C=O) groups excluding carboxylic acids is 1. The second-order valence-electron chi connectivity index (χ2n) is 5.44. The minimum atomic E-state index is 0.00243. The molecule has 1 aromatic carbocycles. The minimum Gasteiger partial charge on any atom is -0.464 e. The van der Waals surface area contributed by atoms with Crippen molar-refractivity contribution in [3.05, 3.63) is 59.0 Å². The quantitative estimate of drug-likeness (QED) is 0.918. The molecule has 0 saturated heterocycles. The molecule has 112 valence electrons. The molecule has 2 rings (SSSR count). The number of nitrogens with zero attached hydrogens (tertiary/aromatic N) is 1. The summed E-state index contributed by atoms with van der Waals surface area (Å²) in [5.41, 5.74) is 7.27. The lowest BCUT2D eigenvalue weighted by atomic mass is 10.1. The number of hydrogen-bond acceptors (Lipinski definition) is 3. The summed E-state index contributed by atoms with van der Waals surface area (Å²) in [6, 6.07) is 11.4. The van der Waals surface area contributed by atoms with Crippen molar-refractivity contribution in [1.82, 2.24) is 4.90 Å². The summed E-state index contributed by atoms with van der Waals surface area (Å²) in [7, 11) is 0. The van der Waals surface area contributed by atoms with Crippen LogP contribution in [0.15, 0.2) is 40.8 Å². The normalized spacial score (nSPS) is 10.9. The Balaban J connectivity index is 2.18. The summed E-state index contributed by atoms with van der Waals surface area (Å²) in [6.07, 6.45) is 0. The highest BCUT2D eigenvalue weighted by molar-refractivity contribution is 5.94. The molecule has 2 N–H and O–H groups in total. The number of amides is 1. The lowest BCUT2D eigenvalue weighted by Crippen LogP contribution is -2.36. The van der Waals surface area contributed by atoms with Gasteiger partial charge in [-0.15, -0.1) is 0 Å². The van der Waals surface area contributed by atoms with E-state index in [2.05, 4.69) is 0 Å². The van der Waals surface area contributed by atoms with Gasteiger partial charge >= 0.3 is 0 Å². The lowest BCUT2D eigenvalue weighted by Gasteiger charge is -2.26. The topological polar surface area (TPSA) is 59.5 Å². The lowest BCUT2D eigenvalue weighted by molar-refractivity contribution is 0.0675. The van der Waals surface area contributed by atoms with Crippen molar-refractivity contribution in [1.29, 1.82) is 0 Å². The van der Waals surface area contributed by atoms with E-state index in [-0.39, 0.29) is 11.9 Å². The second kappa shape index (κ2) is 6.59. The predicted octanol–water partition coefficient (Wildman–Crippen LogP) is 3.10. The maximum absolute atomic E-state index is 12.7. The Morgan fingerprint density at radius 3 is 2.33 bits per heavy atom.